The van der Waals surface area contributed by atoms with Crippen LogP contribution in [0.5, 0.6) is 0 Å². The third-order valence-electron chi connectivity index (χ3n) is 6.81. The molecule has 37 heavy (non-hydrogen) atoms. The van der Waals surface area contributed by atoms with Gasteiger partial charge in [0.25, 0.3) is 0 Å². The first-order chi connectivity index (χ1) is 17.7. The van der Waals surface area contributed by atoms with E-state index < -0.39 is 18.1 Å². The molecule has 0 spiro atoms. The Hall–Kier alpha value is -3.43. The molecule has 0 saturated carbocycles. The lowest BCUT2D eigenvalue weighted by atomic mass is 9.92. The Balaban J connectivity index is 1.27. The molecular formula is C27H23ClF3N3O3. The molecule has 192 valence electrons. The normalized spacial score (nSPS) is 17.6. The zero-order chi connectivity index (χ0) is 26.2. The van der Waals surface area contributed by atoms with Gasteiger partial charge in [0.1, 0.15) is 0 Å². The third-order valence-corrected chi connectivity index (χ3v) is 7.06. The van der Waals surface area contributed by atoms with Crippen LogP contribution in [0.15, 0.2) is 60.9 Å². The Bertz CT molecular complexity index is 1330. The van der Waals surface area contributed by atoms with E-state index in [0.717, 1.165) is 60.5 Å². The van der Waals surface area contributed by atoms with E-state index in [1.807, 2.05) is 36.5 Å². The topological polar surface area (TPSA) is 62.7 Å². The Labute approximate surface area is 216 Å². The number of aromatic nitrogens is 1. The van der Waals surface area contributed by atoms with E-state index in [1.165, 1.54) is 12.1 Å². The fraction of sp³-hybridized carbons (Fsp3) is 0.296. The average Bonchev–Trinajstić information content (AvgIpc) is 2.88. The molecular weight excluding hydrogens is 507 g/mol. The highest BCUT2D eigenvalue weighted by molar-refractivity contribution is 6.30. The summed E-state index contributed by atoms with van der Waals surface area (Å²) in [5, 5.41) is 0.687. The summed E-state index contributed by atoms with van der Waals surface area (Å²) in [5.41, 5.74) is 5.07. The van der Waals surface area contributed by atoms with Gasteiger partial charge < -0.3 is 9.64 Å². The Morgan fingerprint density at radius 1 is 1.08 bits per heavy atom. The monoisotopic (exact) mass is 529 g/mol. The van der Waals surface area contributed by atoms with Crippen molar-refractivity contribution in [1.82, 2.24) is 9.88 Å². The quantitative estimate of drug-likeness (QED) is 0.338. The highest BCUT2D eigenvalue weighted by Crippen LogP contribution is 2.34. The second kappa shape index (κ2) is 10.1. The number of rotatable bonds is 4. The number of esters is 2. The van der Waals surface area contributed by atoms with E-state index in [2.05, 4.69) is 19.5 Å². The molecule has 0 amide bonds. The second-order valence-electron chi connectivity index (χ2n) is 9.18. The average molecular weight is 530 g/mol. The number of hydrogen-bond donors (Lipinski definition) is 0. The molecule has 0 aliphatic carbocycles. The van der Waals surface area contributed by atoms with Gasteiger partial charge in [0, 0.05) is 55.3 Å². The summed E-state index contributed by atoms with van der Waals surface area (Å²) >= 11 is 6.05. The summed E-state index contributed by atoms with van der Waals surface area (Å²) in [5.74, 6) is -3.82. The van der Waals surface area contributed by atoms with Crippen molar-refractivity contribution in [2.24, 2.45) is 0 Å². The summed E-state index contributed by atoms with van der Waals surface area (Å²) in [6.07, 6.45) is -0.0343. The van der Waals surface area contributed by atoms with E-state index in [4.69, 9.17) is 11.6 Å². The minimum absolute atomic E-state index is 0.0697. The van der Waals surface area contributed by atoms with Gasteiger partial charge in [-0.3, -0.25) is 9.88 Å². The number of benzene rings is 2. The van der Waals surface area contributed by atoms with Crippen LogP contribution >= 0.6 is 11.6 Å². The predicted octanol–water partition coefficient (Wildman–Crippen LogP) is 5.28. The molecule has 10 heteroatoms. The maximum absolute atomic E-state index is 12.4. The molecule has 1 atom stereocenters. The summed E-state index contributed by atoms with van der Waals surface area (Å²) in [6, 6.07) is 14.7. The summed E-state index contributed by atoms with van der Waals surface area (Å²) in [6.45, 7) is 3.18. The number of fused-ring (bicyclic) bond motifs is 3. The van der Waals surface area contributed by atoms with Crippen molar-refractivity contribution in [3.8, 4) is 11.1 Å². The lowest BCUT2D eigenvalue weighted by Gasteiger charge is -2.46. The third kappa shape index (κ3) is 5.47. The van der Waals surface area contributed by atoms with Crippen LogP contribution in [0, 0.1) is 0 Å². The van der Waals surface area contributed by atoms with Crippen LogP contribution in [0.25, 0.3) is 11.1 Å². The lowest BCUT2D eigenvalue weighted by Crippen LogP contribution is -2.54. The van der Waals surface area contributed by atoms with Crippen LogP contribution in [-0.4, -0.2) is 53.7 Å². The van der Waals surface area contributed by atoms with Gasteiger partial charge in [0.05, 0.1) is 5.56 Å². The summed E-state index contributed by atoms with van der Waals surface area (Å²) < 4.78 is 41.3. The second-order valence-corrected chi connectivity index (χ2v) is 9.62. The molecule has 3 aromatic rings. The first kappa shape index (κ1) is 25.2. The number of pyridine rings is 1. The smallest absolute Gasteiger partial charge is 0.383 e. The summed E-state index contributed by atoms with van der Waals surface area (Å²) in [7, 11) is 0. The number of hydrogen-bond acceptors (Lipinski definition) is 6. The van der Waals surface area contributed by atoms with Crippen LogP contribution in [0.4, 0.5) is 18.9 Å². The van der Waals surface area contributed by atoms with Crippen LogP contribution in [-0.2, 0) is 22.5 Å². The van der Waals surface area contributed by atoms with Gasteiger partial charge >= 0.3 is 18.1 Å². The number of alkyl halides is 3. The Kier molecular flexibility index (Phi) is 6.92. The zero-order valence-electron chi connectivity index (χ0n) is 19.7. The molecule has 1 saturated heterocycles. The minimum Gasteiger partial charge on any atom is -0.383 e. The molecule has 1 aromatic heterocycles. The van der Waals surface area contributed by atoms with Crippen molar-refractivity contribution in [3.63, 3.8) is 0 Å². The van der Waals surface area contributed by atoms with Crippen molar-refractivity contribution in [2.75, 3.05) is 24.5 Å². The maximum Gasteiger partial charge on any atom is 0.491 e. The molecule has 6 nitrogen and oxygen atoms in total. The van der Waals surface area contributed by atoms with Crippen LogP contribution in [0.1, 0.15) is 27.9 Å². The molecule has 3 heterocycles. The van der Waals surface area contributed by atoms with Crippen molar-refractivity contribution in [3.05, 3.63) is 82.6 Å². The van der Waals surface area contributed by atoms with E-state index in [-0.39, 0.29) is 11.6 Å². The van der Waals surface area contributed by atoms with Gasteiger partial charge in [-0.1, -0.05) is 23.7 Å². The number of piperazine rings is 1. The van der Waals surface area contributed by atoms with Gasteiger partial charge in [0.2, 0.25) is 0 Å². The predicted molar refractivity (Wildman–Crippen MR) is 132 cm³/mol. The van der Waals surface area contributed by atoms with Crippen molar-refractivity contribution >= 4 is 29.2 Å². The number of ether oxygens (including phenoxy) is 1. The van der Waals surface area contributed by atoms with Gasteiger partial charge in [-0.15, -0.1) is 0 Å². The van der Waals surface area contributed by atoms with Crippen molar-refractivity contribution in [1.29, 1.82) is 0 Å². The van der Waals surface area contributed by atoms with Gasteiger partial charge in [-0.25, -0.2) is 9.59 Å². The van der Waals surface area contributed by atoms with Crippen molar-refractivity contribution in [2.45, 2.75) is 31.6 Å². The maximum atomic E-state index is 12.4. The van der Waals surface area contributed by atoms with Crippen LogP contribution in [0.3, 0.4) is 0 Å². The molecule has 2 aliphatic rings. The molecule has 5 rings (SSSR count). The van der Waals surface area contributed by atoms with Gasteiger partial charge in [-0.05, 0) is 71.5 Å². The SMILES string of the molecule is O=C(OC(=O)C(F)(F)F)c1ccc2c(c1)CC[C@@H]1CN(Cc3cnccc3-c3ccc(Cl)cc3)CCN21. The molecule has 0 N–H and O–H groups in total. The van der Waals surface area contributed by atoms with E-state index in [1.54, 1.807) is 12.3 Å². The molecule has 2 aliphatic heterocycles. The number of anilines is 1. The lowest BCUT2D eigenvalue weighted by molar-refractivity contribution is -0.193. The van der Waals surface area contributed by atoms with Crippen LogP contribution < -0.4 is 4.90 Å². The molecule has 0 unspecified atom stereocenters. The van der Waals surface area contributed by atoms with Gasteiger partial charge in [0.15, 0.2) is 0 Å². The molecule has 2 aromatic carbocycles. The van der Waals surface area contributed by atoms with E-state index in [9.17, 15) is 22.8 Å². The number of carbonyl (C=O) groups excluding carboxylic acids is 2. The Morgan fingerprint density at radius 3 is 2.62 bits per heavy atom. The van der Waals surface area contributed by atoms with E-state index >= 15 is 0 Å². The molecule has 0 radical (unpaired) electrons. The fourth-order valence-corrected chi connectivity index (χ4v) is 5.17. The standard InChI is InChI=1S/C27H23ClF3N3O3/c28-21-5-1-17(2-6-21)23-9-10-32-14-20(23)15-33-11-12-34-22(16-33)7-3-18-13-19(4-8-24(18)34)25(35)37-26(36)27(29,30)31/h1-2,4-6,8-10,13-14,22H,3,7,11-12,15-16H2/t22-/m1/s1. The first-order valence-corrected chi connectivity index (χ1v) is 12.2. The highest BCUT2D eigenvalue weighted by atomic mass is 35.5. The van der Waals surface area contributed by atoms with Crippen LogP contribution in [0.2, 0.25) is 5.02 Å². The molecule has 0 bridgehead atoms. The minimum atomic E-state index is -5.22. The number of aryl methyl sites for hydroxylation is 1. The van der Waals surface area contributed by atoms with E-state index in [0.29, 0.717) is 11.4 Å². The fourth-order valence-electron chi connectivity index (χ4n) is 5.05. The van der Waals surface area contributed by atoms with Gasteiger partial charge in [-0.2, -0.15) is 13.2 Å². The highest BCUT2D eigenvalue weighted by Gasteiger charge is 2.42. The zero-order valence-corrected chi connectivity index (χ0v) is 20.4. The largest absolute Gasteiger partial charge is 0.491 e. The number of nitrogens with zero attached hydrogens (tertiary/aromatic N) is 3. The van der Waals surface area contributed by atoms with Crippen molar-refractivity contribution < 1.29 is 27.5 Å². The molecule has 1 fully saturated rings. The number of halogens is 4. The Morgan fingerprint density at radius 2 is 1.86 bits per heavy atom. The summed E-state index contributed by atoms with van der Waals surface area (Å²) in [4.78, 5) is 32.1. The number of carbonyl (C=O) groups is 2. The first-order valence-electron chi connectivity index (χ1n) is 11.8.